The van der Waals surface area contributed by atoms with E-state index in [9.17, 15) is 38.3 Å². The molecule has 8 N–H and O–H groups in total. The molecule has 1 unspecified atom stereocenters. The number of rotatable bonds is 15. The Morgan fingerprint density at radius 2 is 1.75 bits per heavy atom. The van der Waals surface area contributed by atoms with E-state index in [1.807, 2.05) is 0 Å². The van der Waals surface area contributed by atoms with E-state index >= 15 is 0 Å². The molecule has 1 aromatic heterocycles. The molecular formula is C36H36ClFN6O7. The summed E-state index contributed by atoms with van der Waals surface area (Å²) in [4.78, 5) is 81.0. The highest BCUT2D eigenvalue weighted by Crippen LogP contribution is 2.31. The van der Waals surface area contributed by atoms with Crippen molar-refractivity contribution in [3.05, 3.63) is 100 Å². The van der Waals surface area contributed by atoms with Gasteiger partial charge < -0.3 is 37.1 Å². The largest absolute Gasteiger partial charge is 0.372 e. The summed E-state index contributed by atoms with van der Waals surface area (Å²) in [5.74, 6) is -5.91. The monoisotopic (exact) mass is 718 g/mol. The zero-order chi connectivity index (χ0) is 36.9. The predicted molar refractivity (Wildman–Crippen MR) is 186 cm³/mol. The number of nitrogens with one attached hydrogen (secondary N) is 3. The first-order chi connectivity index (χ1) is 24.2. The molecule has 0 radical (unpaired) electrons. The van der Waals surface area contributed by atoms with Crippen molar-refractivity contribution < 1.29 is 38.3 Å². The Morgan fingerprint density at radius 1 is 1.00 bits per heavy atom. The molecule has 15 heteroatoms. The van der Waals surface area contributed by atoms with E-state index in [4.69, 9.17) is 23.1 Å². The Labute approximate surface area is 296 Å². The highest BCUT2D eigenvalue weighted by atomic mass is 35.5. The highest BCUT2D eigenvalue weighted by molar-refractivity contribution is 6.30. The summed E-state index contributed by atoms with van der Waals surface area (Å²) >= 11 is 5.87. The fraction of sp³-hybridized carbons (Fsp3) is 0.278. The van der Waals surface area contributed by atoms with Gasteiger partial charge in [0.25, 0.3) is 11.8 Å². The average molecular weight is 719 g/mol. The number of primary amides is 2. The molecule has 3 aromatic carbocycles. The molecule has 2 heterocycles. The minimum Gasteiger partial charge on any atom is -0.372 e. The second-order valence-electron chi connectivity index (χ2n) is 12.5. The molecule has 13 nitrogen and oxygen atoms in total. The number of aromatic amines is 1. The maximum Gasteiger partial charge on any atom is 0.268 e. The van der Waals surface area contributed by atoms with E-state index in [-0.39, 0.29) is 55.9 Å². The van der Waals surface area contributed by atoms with Crippen LogP contribution >= 0.6 is 11.6 Å². The number of H-pyrrole nitrogens is 1. The summed E-state index contributed by atoms with van der Waals surface area (Å²) in [5.41, 5.74) is 10.7. The Bertz CT molecular complexity index is 1980. The van der Waals surface area contributed by atoms with Crippen LogP contribution in [0.4, 0.5) is 10.1 Å². The first kappa shape index (κ1) is 36.7. The highest BCUT2D eigenvalue weighted by Gasteiger charge is 2.51. The number of halogens is 2. The SMILES string of the molecule is NC(=O)CCC(CC(=O)c1cc2cc(N3CC[C@](O)(C(=O)NCc4cc(F)cc(Cl)c4)C3=O)ccc2[nH]1)C(=O)N[C@@H](Cc1ccccc1)C(N)=O. The van der Waals surface area contributed by atoms with Crippen LogP contribution in [0, 0.1) is 11.7 Å². The lowest BCUT2D eigenvalue weighted by Gasteiger charge is -2.22. The molecule has 1 fully saturated rings. The second-order valence-corrected chi connectivity index (χ2v) is 12.9. The molecule has 266 valence electrons. The molecule has 4 aromatic rings. The van der Waals surface area contributed by atoms with Gasteiger partial charge in [0.2, 0.25) is 23.3 Å². The zero-order valence-electron chi connectivity index (χ0n) is 27.3. The fourth-order valence-electron chi connectivity index (χ4n) is 5.98. The molecule has 0 aliphatic carbocycles. The van der Waals surface area contributed by atoms with E-state index < -0.39 is 58.7 Å². The summed E-state index contributed by atoms with van der Waals surface area (Å²) in [6.45, 7) is -0.147. The van der Waals surface area contributed by atoms with Gasteiger partial charge in [0, 0.05) is 66.3 Å². The van der Waals surface area contributed by atoms with Crippen LogP contribution in [-0.4, -0.2) is 63.6 Å². The summed E-state index contributed by atoms with van der Waals surface area (Å²) in [5, 5.41) is 16.8. The third kappa shape index (κ3) is 8.77. The standard InChI is InChI=1S/C36H36ClFN6O7/c37-24-12-21(13-25(38)18-24)19-41-34(49)36(51)10-11-44(35(36)50)26-7-8-27-23(15-26)16-28(42-27)30(45)17-22(6-9-31(39)46)33(48)43-29(32(40)47)14-20-4-2-1-3-5-20/h1-5,7-8,12-13,15-16,18,22,29,42,51H,6,9-11,14,17,19H2,(H2,39,46)(H2,40,47)(H,41,49)(H,43,48)/t22?,29-,36-/m0/s1. The van der Waals surface area contributed by atoms with Crippen molar-refractivity contribution in [1.29, 1.82) is 0 Å². The van der Waals surface area contributed by atoms with Gasteiger partial charge in [0.05, 0.1) is 5.69 Å². The minimum atomic E-state index is -2.36. The van der Waals surface area contributed by atoms with Crippen LogP contribution in [0.3, 0.4) is 0 Å². The molecule has 1 saturated heterocycles. The maximum absolute atomic E-state index is 13.7. The molecule has 1 aliphatic rings. The van der Waals surface area contributed by atoms with Crippen LogP contribution in [0.15, 0.2) is 72.8 Å². The third-order valence-electron chi connectivity index (χ3n) is 8.75. The van der Waals surface area contributed by atoms with Gasteiger partial charge in [0.1, 0.15) is 11.9 Å². The van der Waals surface area contributed by atoms with E-state index in [1.165, 1.54) is 23.1 Å². The van der Waals surface area contributed by atoms with E-state index in [1.54, 1.807) is 48.5 Å². The van der Waals surface area contributed by atoms with Crippen LogP contribution in [0.2, 0.25) is 5.02 Å². The number of benzene rings is 3. The average Bonchev–Trinajstić information content (AvgIpc) is 3.65. The molecule has 5 rings (SSSR count). The molecule has 51 heavy (non-hydrogen) atoms. The number of hydrogen-bond acceptors (Lipinski definition) is 7. The number of Topliss-reactive ketones (excluding diaryl/α,β-unsaturated/α-hetero) is 1. The number of carbonyl (C=O) groups is 6. The van der Waals surface area contributed by atoms with E-state index in [2.05, 4.69) is 15.6 Å². The number of anilines is 1. The maximum atomic E-state index is 13.7. The van der Waals surface area contributed by atoms with Crippen molar-refractivity contribution in [2.75, 3.05) is 11.4 Å². The molecule has 0 saturated carbocycles. The summed E-state index contributed by atoms with van der Waals surface area (Å²) in [7, 11) is 0. The van der Waals surface area contributed by atoms with Gasteiger partial charge in [-0.15, -0.1) is 0 Å². The van der Waals surface area contributed by atoms with Crippen molar-refractivity contribution in [2.24, 2.45) is 17.4 Å². The van der Waals surface area contributed by atoms with Gasteiger partial charge in [0.15, 0.2) is 5.78 Å². The summed E-state index contributed by atoms with van der Waals surface area (Å²) in [6.07, 6.45) is -0.599. The van der Waals surface area contributed by atoms with Gasteiger partial charge in [-0.2, -0.15) is 0 Å². The second kappa shape index (κ2) is 15.5. The molecule has 5 amide bonds. The number of aromatic nitrogens is 1. The van der Waals surface area contributed by atoms with Gasteiger partial charge >= 0.3 is 0 Å². The molecule has 0 bridgehead atoms. The first-order valence-corrected chi connectivity index (χ1v) is 16.5. The van der Waals surface area contributed by atoms with Crippen molar-refractivity contribution in [2.45, 2.75) is 50.3 Å². The van der Waals surface area contributed by atoms with Gasteiger partial charge in [-0.25, -0.2) is 4.39 Å². The summed E-state index contributed by atoms with van der Waals surface area (Å²) in [6, 6.07) is 18.0. The van der Waals surface area contributed by atoms with Crippen molar-refractivity contribution in [1.82, 2.24) is 15.6 Å². The number of hydrogen-bond donors (Lipinski definition) is 6. The van der Waals surface area contributed by atoms with Gasteiger partial charge in [-0.3, -0.25) is 28.8 Å². The Balaban J connectivity index is 1.27. The molecule has 1 aliphatic heterocycles. The smallest absolute Gasteiger partial charge is 0.268 e. The van der Waals surface area contributed by atoms with Crippen LogP contribution in [-0.2, 0) is 36.9 Å². The lowest BCUT2D eigenvalue weighted by atomic mass is 9.93. The van der Waals surface area contributed by atoms with Gasteiger partial charge in [-0.05, 0) is 60.0 Å². The Hall–Kier alpha value is -5.60. The van der Waals surface area contributed by atoms with Crippen LogP contribution in [0.25, 0.3) is 10.9 Å². The van der Waals surface area contributed by atoms with Crippen molar-refractivity contribution >= 4 is 63.5 Å². The first-order valence-electron chi connectivity index (χ1n) is 16.1. The zero-order valence-corrected chi connectivity index (χ0v) is 28.0. The van der Waals surface area contributed by atoms with Crippen LogP contribution in [0.1, 0.15) is 47.3 Å². The topological polar surface area (TPSA) is 218 Å². The normalized spacial score (nSPS) is 16.8. The predicted octanol–water partition coefficient (Wildman–Crippen LogP) is 2.41. The molecule has 3 atom stereocenters. The van der Waals surface area contributed by atoms with Crippen molar-refractivity contribution in [3.63, 3.8) is 0 Å². The molecule has 0 spiro atoms. The number of nitrogens with zero attached hydrogens (tertiary/aromatic N) is 1. The number of carbonyl (C=O) groups excluding carboxylic acids is 6. The Kier molecular flexibility index (Phi) is 11.2. The lowest BCUT2D eigenvalue weighted by Crippen LogP contribution is -2.52. The number of amides is 5. The van der Waals surface area contributed by atoms with E-state index in [0.717, 1.165) is 11.6 Å². The summed E-state index contributed by atoms with van der Waals surface area (Å²) < 4.78 is 13.7. The third-order valence-corrected chi connectivity index (χ3v) is 8.97. The van der Waals surface area contributed by atoms with Crippen molar-refractivity contribution in [3.8, 4) is 0 Å². The number of nitrogens with two attached hydrogens (primary N) is 2. The van der Waals surface area contributed by atoms with Crippen LogP contribution < -0.4 is 27.0 Å². The molecular weight excluding hydrogens is 683 g/mol. The van der Waals surface area contributed by atoms with E-state index in [0.29, 0.717) is 22.2 Å². The minimum absolute atomic E-state index is 0.0173. The number of ketones is 1. The number of fused-ring (bicyclic) bond motifs is 1. The quantitative estimate of drug-likeness (QED) is 0.0796. The van der Waals surface area contributed by atoms with Crippen LogP contribution in [0.5, 0.6) is 0 Å². The lowest BCUT2D eigenvalue weighted by molar-refractivity contribution is -0.149. The fourth-order valence-corrected chi connectivity index (χ4v) is 6.22. The number of aliphatic hydroxyl groups is 1. The Morgan fingerprint density at radius 3 is 2.43 bits per heavy atom. The van der Waals surface area contributed by atoms with Gasteiger partial charge in [-0.1, -0.05) is 41.9 Å².